The second-order valence-electron chi connectivity index (χ2n) is 7.34. The molecule has 3 rings (SSSR count). The van der Waals surface area contributed by atoms with Gasteiger partial charge in [0.2, 0.25) is 0 Å². The molecule has 0 heterocycles. The fraction of sp³-hybridized carbons (Fsp3) is 0.273. The van der Waals surface area contributed by atoms with Gasteiger partial charge in [0.05, 0.1) is 0 Å². The van der Waals surface area contributed by atoms with Gasteiger partial charge in [0.1, 0.15) is 22.9 Å². The van der Waals surface area contributed by atoms with Crippen LogP contribution in [0, 0.1) is 0 Å². The number of aromatic hydroxyl groups is 2. The minimum atomic E-state index is -0.0218. The van der Waals surface area contributed by atoms with E-state index in [4.69, 9.17) is 11.6 Å². The number of hydrogen-bond donors (Lipinski definition) is 2. The van der Waals surface area contributed by atoms with Crippen molar-refractivity contribution in [2.75, 3.05) is 0 Å². The van der Waals surface area contributed by atoms with Crippen LogP contribution in [-0.2, 0) is 5.41 Å². The van der Waals surface area contributed by atoms with Crippen LogP contribution in [0.1, 0.15) is 39.2 Å². The third-order valence-corrected chi connectivity index (χ3v) is 5.06. The van der Waals surface area contributed by atoms with E-state index in [0.717, 1.165) is 23.6 Å². The predicted octanol–water partition coefficient (Wildman–Crippen LogP) is 7.40. The zero-order valence-electron chi connectivity index (χ0n) is 15.7. The molecule has 0 bridgehead atoms. The van der Waals surface area contributed by atoms with E-state index in [-0.39, 0.29) is 22.6 Å². The molecule has 2 N–H and O–H groups in total. The van der Waals surface area contributed by atoms with Gasteiger partial charge in [-0.1, -0.05) is 63.1 Å². The van der Waals surface area contributed by atoms with Crippen molar-refractivity contribution in [1.29, 1.82) is 0 Å². The van der Waals surface area contributed by atoms with Gasteiger partial charge in [-0.05, 0) is 47.1 Å². The molecule has 0 saturated carbocycles. The molecule has 0 fully saturated rings. The Bertz CT molecular complexity index is 1010. The predicted molar refractivity (Wildman–Crippen MR) is 111 cm³/mol. The molecule has 4 nitrogen and oxygen atoms in total. The van der Waals surface area contributed by atoms with Crippen LogP contribution in [0.2, 0.25) is 5.02 Å². The van der Waals surface area contributed by atoms with Crippen molar-refractivity contribution in [2.45, 2.75) is 39.0 Å². The lowest BCUT2D eigenvalue weighted by Crippen LogP contribution is -2.16. The molecule has 27 heavy (non-hydrogen) atoms. The summed E-state index contributed by atoms with van der Waals surface area (Å²) < 4.78 is 0. The van der Waals surface area contributed by atoms with Gasteiger partial charge in [0.15, 0.2) is 0 Å². The van der Waals surface area contributed by atoms with Crippen LogP contribution in [0.25, 0.3) is 10.8 Å². The number of phenolic OH excluding ortho intramolecular Hbond substituents is 2. The van der Waals surface area contributed by atoms with Crippen molar-refractivity contribution < 1.29 is 10.2 Å². The largest absolute Gasteiger partial charge is 0.506 e. The molecule has 0 spiro atoms. The van der Waals surface area contributed by atoms with Crippen LogP contribution < -0.4 is 0 Å². The van der Waals surface area contributed by atoms with Gasteiger partial charge in [-0.25, -0.2) is 0 Å². The molecule has 0 aromatic heterocycles. The minimum absolute atomic E-state index is 0.0218. The summed E-state index contributed by atoms with van der Waals surface area (Å²) in [6.07, 6.45) is 2.21. The fourth-order valence-corrected chi connectivity index (χ4v) is 3.44. The number of azo groups is 1. The zero-order valence-corrected chi connectivity index (χ0v) is 16.5. The van der Waals surface area contributed by atoms with E-state index >= 15 is 0 Å². The van der Waals surface area contributed by atoms with Crippen LogP contribution in [-0.4, -0.2) is 10.2 Å². The number of halogens is 1. The first-order valence-corrected chi connectivity index (χ1v) is 9.36. The molecule has 0 aliphatic carbocycles. The molecule has 0 unspecified atom stereocenters. The topological polar surface area (TPSA) is 65.2 Å². The van der Waals surface area contributed by atoms with Crippen LogP contribution in [0.3, 0.4) is 0 Å². The van der Waals surface area contributed by atoms with Crippen LogP contribution in [0.4, 0.5) is 11.4 Å². The molecular formula is C22H23ClN2O2. The second-order valence-corrected chi connectivity index (χ2v) is 7.77. The monoisotopic (exact) mass is 382 g/mol. The molecule has 0 saturated heterocycles. The van der Waals surface area contributed by atoms with Crippen molar-refractivity contribution in [3.8, 4) is 11.5 Å². The lowest BCUT2D eigenvalue weighted by Gasteiger charge is -2.25. The number of benzene rings is 3. The lowest BCUT2D eigenvalue weighted by atomic mass is 9.80. The van der Waals surface area contributed by atoms with E-state index in [2.05, 4.69) is 43.1 Å². The summed E-state index contributed by atoms with van der Waals surface area (Å²) in [5, 5.41) is 30.7. The second kappa shape index (κ2) is 7.57. The number of nitrogens with zero attached hydrogens (tertiary/aromatic N) is 2. The highest BCUT2D eigenvalue weighted by Crippen LogP contribution is 2.39. The van der Waals surface area contributed by atoms with Gasteiger partial charge in [0.25, 0.3) is 0 Å². The number of fused-ring (bicyclic) bond motifs is 1. The molecule has 0 aliphatic rings. The Morgan fingerprint density at radius 2 is 1.67 bits per heavy atom. The number of hydrogen-bond acceptors (Lipinski definition) is 4. The summed E-state index contributed by atoms with van der Waals surface area (Å²) in [6, 6.07) is 14.2. The van der Waals surface area contributed by atoms with Gasteiger partial charge in [-0.15, -0.1) is 10.2 Å². The van der Waals surface area contributed by atoms with Gasteiger partial charge >= 0.3 is 0 Å². The molecule has 3 aromatic carbocycles. The highest BCUT2D eigenvalue weighted by Gasteiger charge is 2.20. The zero-order chi connectivity index (χ0) is 19.6. The number of phenols is 2. The van der Waals surface area contributed by atoms with Gasteiger partial charge in [-0.3, -0.25) is 0 Å². The third kappa shape index (κ3) is 4.06. The highest BCUT2D eigenvalue weighted by molar-refractivity contribution is 6.30. The lowest BCUT2D eigenvalue weighted by molar-refractivity contribution is 0.473. The Kier molecular flexibility index (Phi) is 5.38. The molecule has 0 atom stereocenters. The van der Waals surface area contributed by atoms with Crippen LogP contribution in [0.5, 0.6) is 11.5 Å². The van der Waals surface area contributed by atoms with E-state index in [1.165, 1.54) is 17.7 Å². The molecule has 0 aliphatic heterocycles. The van der Waals surface area contributed by atoms with Crippen molar-refractivity contribution in [3.05, 3.63) is 59.1 Å². The van der Waals surface area contributed by atoms with Crippen molar-refractivity contribution in [2.24, 2.45) is 10.2 Å². The Labute approximate surface area is 164 Å². The maximum absolute atomic E-state index is 10.3. The molecule has 0 radical (unpaired) electrons. The molecule has 0 amide bonds. The summed E-state index contributed by atoms with van der Waals surface area (Å²) in [4.78, 5) is 0. The summed E-state index contributed by atoms with van der Waals surface area (Å²) in [5.41, 5.74) is 1.94. The standard InChI is InChI=1S/C22H23ClN2O2/c1-4-11-22(2,3)15-6-8-17-14(12-15)5-9-20(27)21(17)25-24-18-13-16(23)7-10-19(18)26/h5-10,12-13,26-27H,4,11H2,1-3H3. The summed E-state index contributed by atoms with van der Waals surface area (Å²) in [6.45, 7) is 6.66. The maximum atomic E-state index is 10.3. The van der Waals surface area contributed by atoms with E-state index in [1.54, 1.807) is 12.1 Å². The third-order valence-electron chi connectivity index (χ3n) is 4.82. The summed E-state index contributed by atoms with van der Waals surface area (Å²) in [5.74, 6) is 0.0137. The Morgan fingerprint density at radius 1 is 0.926 bits per heavy atom. The quantitative estimate of drug-likeness (QED) is 0.451. The van der Waals surface area contributed by atoms with Crippen molar-refractivity contribution >= 4 is 33.7 Å². The summed E-state index contributed by atoms with van der Waals surface area (Å²) in [7, 11) is 0. The van der Waals surface area contributed by atoms with Gasteiger partial charge < -0.3 is 10.2 Å². The molecule has 140 valence electrons. The normalized spacial score (nSPS) is 12.1. The van der Waals surface area contributed by atoms with Crippen LogP contribution in [0.15, 0.2) is 58.8 Å². The average molecular weight is 383 g/mol. The molecule has 3 aromatic rings. The van der Waals surface area contributed by atoms with E-state index in [1.807, 2.05) is 12.1 Å². The van der Waals surface area contributed by atoms with Gasteiger partial charge in [-0.2, -0.15) is 0 Å². The highest BCUT2D eigenvalue weighted by atomic mass is 35.5. The first-order chi connectivity index (χ1) is 12.8. The van der Waals surface area contributed by atoms with Crippen molar-refractivity contribution in [3.63, 3.8) is 0 Å². The van der Waals surface area contributed by atoms with E-state index < -0.39 is 0 Å². The smallest absolute Gasteiger partial charge is 0.143 e. The summed E-state index contributed by atoms with van der Waals surface area (Å²) >= 11 is 5.95. The first-order valence-electron chi connectivity index (χ1n) is 8.98. The van der Waals surface area contributed by atoms with E-state index in [9.17, 15) is 10.2 Å². The van der Waals surface area contributed by atoms with E-state index in [0.29, 0.717) is 10.7 Å². The fourth-order valence-electron chi connectivity index (χ4n) is 3.28. The van der Waals surface area contributed by atoms with Crippen LogP contribution >= 0.6 is 11.6 Å². The minimum Gasteiger partial charge on any atom is -0.506 e. The Morgan fingerprint density at radius 3 is 2.41 bits per heavy atom. The maximum Gasteiger partial charge on any atom is 0.143 e. The molecule has 5 heteroatoms. The Hall–Kier alpha value is -2.59. The Balaban J connectivity index is 2.06. The van der Waals surface area contributed by atoms with Crippen molar-refractivity contribution in [1.82, 2.24) is 0 Å². The average Bonchev–Trinajstić information content (AvgIpc) is 2.63. The van der Waals surface area contributed by atoms with Gasteiger partial charge in [0, 0.05) is 10.4 Å². The SMILES string of the molecule is CCCC(C)(C)c1ccc2c(N=Nc3cc(Cl)ccc3O)c(O)ccc2c1. The number of rotatable bonds is 5. The molecular weight excluding hydrogens is 360 g/mol. The first kappa shape index (κ1) is 19.2.